The van der Waals surface area contributed by atoms with Crippen molar-refractivity contribution < 1.29 is 22.7 Å². The summed E-state index contributed by atoms with van der Waals surface area (Å²) in [5.74, 6) is 0.808. The lowest BCUT2D eigenvalue weighted by Crippen LogP contribution is -2.48. The molecule has 0 bridgehead atoms. The summed E-state index contributed by atoms with van der Waals surface area (Å²) in [5, 5.41) is 3.63. The van der Waals surface area contributed by atoms with Gasteiger partial charge in [-0.3, -0.25) is 4.79 Å². The highest BCUT2D eigenvalue weighted by molar-refractivity contribution is 7.89. The largest absolute Gasteiger partial charge is 0.497 e. The van der Waals surface area contributed by atoms with Crippen LogP contribution in [0.3, 0.4) is 0 Å². The molecule has 33 heavy (non-hydrogen) atoms. The van der Waals surface area contributed by atoms with E-state index in [0.29, 0.717) is 42.3 Å². The van der Waals surface area contributed by atoms with Crippen LogP contribution in [0.5, 0.6) is 11.5 Å². The molecule has 2 aromatic rings. The van der Waals surface area contributed by atoms with Crippen LogP contribution in [0.25, 0.3) is 0 Å². The Balaban J connectivity index is 1.50. The van der Waals surface area contributed by atoms with E-state index in [1.165, 1.54) is 16.4 Å². The molecule has 9 heteroatoms. The molecule has 0 radical (unpaired) electrons. The van der Waals surface area contributed by atoms with Gasteiger partial charge in [-0.15, -0.1) is 0 Å². The average Bonchev–Trinajstić information content (AvgIpc) is 2.78. The van der Waals surface area contributed by atoms with Crippen LogP contribution in [0.4, 0.5) is 0 Å². The number of halogens is 1. The zero-order chi connectivity index (χ0) is 23.8. The minimum atomic E-state index is -3.69. The molecule has 2 atom stereocenters. The molecule has 4 rings (SSSR count). The normalized spacial score (nSPS) is 22.7. The number of carbonyl (C=O) groups excluding carboxylic acids is 1. The summed E-state index contributed by atoms with van der Waals surface area (Å²) < 4.78 is 39.0. The first-order valence-electron chi connectivity index (χ1n) is 11.0. The fraction of sp³-hybridized carbons (Fsp3) is 0.458. The first-order valence-corrected chi connectivity index (χ1v) is 12.8. The molecule has 2 heterocycles. The van der Waals surface area contributed by atoms with E-state index in [9.17, 15) is 13.2 Å². The van der Waals surface area contributed by atoms with Gasteiger partial charge in [-0.2, -0.15) is 4.31 Å². The zero-order valence-corrected chi connectivity index (χ0v) is 20.6. The second-order valence-electron chi connectivity index (χ2n) is 9.19. The first kappa shape index (κ1) is 23.9. The van der Waals surface area contributed by atoms with E-state index in [4.69, 9.17) is 21.1 Å². The number of nitrogens with zero attached hydrogens (tertiary/aromatic N) is 1. The molecule has 1 N–H and O–H groups in total. The van der Waals surface area contributed by atoms with E-state index in [1.807, 2.05) is 32.0 Å². The van der Waals surface area contributed by atoms with Gasteiger partial charge in [0.2, 0.25) is 15.9 Å². The zero-order valence-electron chi connectivity index (χ0n) is 19.0. The van der Waals surface area contributed by atoms with Gasteiger partial charge in [0.05, 0.1) is 24.0 Å². The number of benzene rings is 2. The van der Waals surface area contributed by atoms with Crippen LogP contribution in [-0.4, -0.2) is 44.4 Å². The lowest BCUT2D eigenvalue weighted by atomic mass is 9.88. The maximum absolute atomic E-state index is 13.2. The van der Waals surface area contributed by atoms with E-state index < -0.39 is 21.5 Å². The quantitative estimate of drug-likeness (QED) is 0.677. The lowest BCUT2D eigenvalue weighted by molar-refractivity contribution is -0.127. The van der Waals surface area contributed by atoms with E-state index in [0.717, 1.165) is 5.56 Å². The number of hydrogen-bond acceptors (Lipinski definition) is 5. The number of fused-ring (bicyclic) bond motifs is 1. The summed E-state index contributed by atoms with van der Waals surface area (Å²) in [4.78, 5) is 13.4. The number of carbonyl (C=O) groups is 1. The van der Waals surface area contributed by atoms with Gasteiger partial charge in [0.25, 0.3) is 0 Å². The SMILES string of the molecule is COc1ccc2c(c1)OC(C)(C)C[C@H]2NC(=O)[C@@H]1CCCN(S(=O)(=O)c2ccc(Cl)cc2)C1. The van der Waals surface area contributed by atoms with Crippen molar-refractivity contribution in [2.45, 2.75) is 49.6 Å². The number of piperidine rings is 1. The van der Waals surface area contributed by atoms with Crippen molar-refractivity contribution >= 4 is 27.5 Å². The average molecular weight is 493 g/mol. The van der Waals surface area contributed by atoms with Crippen LogP contribution in [-0.2, 0) is 14.8 Å². The Kier molecular flexibility index (Phi) is 6.62. The highest BCUT2D eigenvalue weighted by Crippen LogP contribution is 2.41. The topological polar surface area (TPSA) is 84.9 Å². The van der Waals surface area contributed by atoms with Gasteiger partial charge in [0.15, 0.2) is 0 Å². The van der Waals surface area contributed by atoms with Gasteiger partial charge in [-0.05, 0) is 63.1 Å². The molecule has 0 saturated carbocycles. The molecule has 1 amide bonds. The Morgan fingerprint density at radius 3 is 2.64 bits per heavy atom. The molecule has 0 aromatic heterocycles. The minimum Gasteiger partial charge on any atom is -0.497 e. The molecule has 0 spiro atoms. The number of nitrogens with one attached hydrogen (secondary N) is 1. The number of rotatable bonds is 5. The standard InChI is InChI=1S/C24H29ClN2O5S/c1-24(2)14-21(20-11-8-18(31-3)13-22(20)32-24)26-23(28)16-5-4-12-27(15-16)33(29,30)19-9-6-17(25)7-10-19/h6-11,13,16,21H,4-5,12,14-15H2,1-3H3,(H,26,28)/t16-,21-/m1/s1. The van der Waals surface area contributed by atoms with Gasteiger partial charge in [0.1, 0.15) is 17.1 Å². The molecule has 178 valence electrons. The van der Waals surface area contributed by atoms with Crippen LogP contribution in [0.2, 0.25) is 5.02 Å². The van der Waals surface area contributed by atoms with Gasteiger partial charge in [0, 0.05) is 36.2 Å². The minimum absolute atomic E-state index is 0.143. The molecular weight excluding hydrogens is 464 g/mol. The third-order valence-electron chi connectivity index (χ3n) is 6.20. The smallest absolute Gasteiger partial charge is 0.243 e. The molecule has 2 aliphatic heterocycles. The summed E-state index contributed by atoms with van der Waals surface area (Å²) in [6.07, 6.45) is 1.87. The molecule has 2 aliphatic rings. The molecule has 1 fully saturated rings. The molecule has 1 saturated heterocycles. The lowest BCUT2D eigenvalue weighted by Gasteiger charge is -2.39. The van der Waals surface area contributed by atoms with E-state index in [1.54, 1.807) is 19.2 Å². The van der Waals surface area contributed by atoms with Crippen molar-refractivity contribution in [2.75, 3.05) is 20.2 Å². The van der Waals surface area contributed by atoms with Crippen molar-refractivity contribution in [1.29, 1.82) is 0 Å². The monoisotopic (exact) mass is 492 g/mol. The summed E-state index contributed by atoms with van der Waals surface area (Å²) in [6, 6.07) is 11.5. The maximum Gasteiger partial charge on any atom is 0.243 e. The van der Waals surface area contributed by atoms with Crippen molar-refractivity contribution in [3.05, 3.63) is 53.1 Å². The number of hydrogen-bond donors (Lipinski definition) is 1. The van der Waals surface area contributed by atoms with E-state index in [-0.39, 0.29) is 23.4 Å². The summed E-state index contributed by atoms with van der Waals surface area (Å²) in [5.41, 5.74) is 0.429. The van der Waals surface area contributed by atoms with Gasteiger partial charge in [-0.1, -0.05) is 11.6 Å². The second kappa shape index (κ2) is 9.16. The highest BCUT2D eigenvalue weighted by atomic mass is 35.5. The Hall–Kier alpha value is -2.29. The summed E-state index contributed by atoms with van der Waals surface area (Å²) >= 11 is 5.90. The summed E-state index contributed by atoms with van der Waals surface area (Å²) in [7, 11) is -2.09. The first-order chi connectivity index (χ1) is 15.6. The Labute approximate surface area is 200 Å². The molecule has 0 unspecified atom stereocenters. The van der Waals surface area contributed by atoms with Crippen LogP contribution in [0.15, 0.2) is 47.4 Å². The van der Waals surface area contributed by atoms with Crippen LogP contribution in [0.1, 0.15) is 44.7 Å². The third-order valence-corrected chi connectivity index (χ3v) is 8.33. The van der Waals surface area contributed by atoms with Gasteiger partial charge >= 0.3 is 0 Å². The highest BCUT2D eigenvalue weighted by Gasteiger charge is 2.38. The van der Waals surface area contributed by atoms with Crippen LogP contribution >= 0.6 is 11.6 Å². The predicted octanol–water partition coefficient (Wildman–Crippen LogP) is 4.17. The van der Waals surface area contributed by atoms with Crippen LogP contribution < -0.4 is 14.8 Å². The Morgan fingerprint density at radius 2 is 1.94 bits per heavy atom. The van der Waals surface area contributed by atoms with Gasteiger partial charge in [-0.25, -0.2) is 8.42 Å². The van der Waals surface area contributed by atoms with Crippen molar-refractivity contribution in [3.8, 4) is 11.5 Å². The maximum atomic E-state index is 13.2. The molecule has 0 aliphatic carbocycles. The third kappa shape index (κ3) is 5.13. The van der Waals surface area contributed by atoms with Crippen molar-refractivity contribution in [1.82, 2.24) is 9.62 Å². The molecule has 7 nitrogen and oxygen atoms in total. The number of amides is 1. The molecular formula is C24H29ClN2O5S. The number of sulfonamides is 1. The van der Waals surface area contributed by atoms with Crippen molar-refractivity contribution in [2.24, 2.45) is 5.92 Å². The fourth-order valence-electron chi connectivity index (χ4n) is 4.51. The fourth-order valence-corrected chi connectivity index (χ4v) is 6.16. The van der Waals surface area contributed by atoms with Crippen LogP contribution in [0, 0.1) is 5.92 Å². The Bertz CT molecular complexity index is 1130. The Morgan fingerprint density at radius 1 is 1.21 bits per heavy atom. The van der Waals surface area contributed by atoms with E-state index in [2.05, 4.69) is 5.32 Å². The van der Waals surface area contributed by atoms with E-state index >= 15 is 0 Å². The predicted molar refractivity (Wildman–Crippen MR) is 126 cm³/mol. The number of methoxy groups -OCH3 is 1. The van der Waals surface area contributed by atoms with Crippen molar-refractivity contribution in [3.63, 3.8) is 0 Å². The second-order valence-corrected chi connectivity index (χ2v) is 11.6. The molecule has 2 aromatic carbocycles. The van der Waals surface area contributed by atoms with Gasteiger partial charge < -0.3 is 14.8 Å². The summed E-state index contributed by atoms with van der Waals surface area (Å²) in [6.45, 7) is 4.51. The number of ether oxygens (including phenoxy) is 2.